The summed E-state index contributed by atoms with van der Waals surface area (Å²) >= 11 is 0. The first-order chi connectivity index (χ1) is 13.0. The Morgan fingerprint density at radius 3 is 2.63 bits per heavy atom. The quantitative estimate of drug-likeness (QED) is 0.345. The van der Waals surface area contributed by atoms with Gasteiger partial charge in [0.25, 0.3) is 5.78 Å². The Morgan fingerprint density at radius 2 is 1.93 bits per heavy atom. The fourth-order valence-corrected chi connectivity index (χ4v) is 2.90. The van der Waals surface area contributed by atoms with Gasteiger partial charge in [0.1, 0.15) is 6.61 Å². The van der Waals surface area contributed by atoms with Crippen molar-refractivity contribution in [2.24, 2.45) is 11.8 Å². The molecule has 0 radical (unpaired) electrons. The van der Waals surface area contributed by atoms with E-state index in [1.54, 1.807) is 13.0 Å². The Morgan fingerprint density at radius 1 is 1.19 bits per heavy atom. The minimum atomic E-state index is -0.875. The fraction of sp³-hybridized carbons (Fsp3) is 0.381. The maximum atomic E-state index is 12.1. The molecule has 1 aromatic carbocycles. The number of hydrogen-bond acceptors (Lipinski definition) is 5. The number of carbonyl (C=O) groups excluding carboxylic acids is 3. The van der Waals surface area contributed by atoms with Gasteiger partial charge in [0.05, 0.1) is 12.6 Å². The number of carbonyl (C=O) groups is 3. The molecule has 1 aromatic rings. The second-order valence-electron chi connectivity index (χ2n) is 6.39. The lowest BCUT2D eigenvalue weighted by atomic mass is 9.80. The van der Waals surface area contributed by atoms with Crippen LogP contribution in [-0.2, 0) is 25.7 Å². The number of alkyl carbamates (subject to hydrolysis) is 1. The van der Waals surface area contributed by atoms with E-state index in [0.29, 0.717) is 0 Å². The van der Waals surface area contributed by atoms with Crippen molar-refractivity contribution >= 4 is 17.8 Å². The summed E-state index contributed by atoms with van der Waals surface area (Å²) in [5.74, 6) is -1.51. The van der Waals surface area contributed by atoms with Gasteiger partial charge in [-0.3, -0.25) is 4.79 Å². The fourth-order valence-electron chi connectivity index (χ4n) is 2.90. The van der Waals surface area contributed by atoms with Crippen molar-refractivity contribution < 1.29 is 23.9 Å². The van der Waals surface area contributed by atoms with Crippen LogP contribution in [0.3, 0.4) is 0 Å². The Balaban J connectivity index is 1.95. The van der Waals surface area contributed by atoms with Crippen LogP contribution >= 0.6 is 0 Å². The highest BCUT2D eigenvalue weighted by atomic mass is 16.5. The van der Waals surface area contributed by atoms with Gasteiger partial charge in [0, 0.05) is 5.92 Å². The maximum absolute atomic E-state index is 12.1. The van der Waals surface area contributed by atoms with E-state index in [9.17, 15) is 14.4 Å². The topological polar surface area (TPSA) is 81.7 Å². The van der Waals surface area contributed by atoms with Gasteiger partial charge in [-0.15, -0.1) is 0 Å². The number of esters is 1. The van der Waals surface area contributed by atoms with Gasteiger partial charge < -0.3 is 14.8 Å². The maximum Gasteiger partial charge on any atom is 0.407 e. The first kappa shape index (κ1) is 20.4. The van der Waals surface area contributed by atoms with Gasteiger partial charge in [-0.05, 0) is 30.9 Å². The number of benzene rings is 1. The van der Waals surface area contributed by atoms with Crippen LogP contribution in [-0.4, -0.2) is 30.5 Å². The van der Waals surface area contributed by atoms with Gasteiger partial charge in [-0.2, -0.15) is 0 Å². The average Bonchev–Trinajstić information content (AvgIpc) is 2.66. The van der Waals surface area contributed by atoms with Crippen LogP contribution in [0.25, 0.3) is 0 Å². The number of amides is 1. The molecule has 0 spiro atoms. The predicted molar refractivity (Wildman–Crippen MR) is 101 cm³/mol. The zero-order valence-corrected chi connectivity index (χ0v) is 15.6. The largest absolute Gasteiger partial charge is 0.460 e. The smallest absolute Gasteiger partial charge is 0.407 e. The number of rotatable bonds is 7. The molecular weight excluding hydrogens is 346 g/mol. The lowest BCUT2D eigenvalue weighted by molar-refractivity contribution is -0.151. The summed E-state index contributed by atoms with van der Waals surface area (Å²) in [7, 11) is 0. The molecule has 0 saturated carbocycles. The number of ether oxygens (including phenoxy) is 2. The molecule has 2 rings (SSSR count). The van der Waals surface area contributed by atoms with Crippen molar-refractivity contribution in [3.63, 3.8) is 0 Å². The van der Waals surface area contributed by atoms with Crippen molar-refractivity contribution in [2.45, 2.75) is 32.9 Å². The second-order valence-corrected chi connectivity index (χ2v) is 6.39. The average molecular weight is 371 g/mol. The van der Waals surface area contributed by atoms with Gasteiger partial charge in [0.15, 0.2) is 0 Å². The Labute approximate surface area is 159 Å². The van der Waals surface area contributed by atoms with Crippen LogP contribution in [0.4, 0.5) is 4.79 Å². The molecule has 0 heterocycles. The summed E-state index contributed by atoms with van der Waals surface area (Å²) in [4.78, 5) is 35.4. The van der Waals surface area contributed by atoms with E-state index in [1.807, 2.05) is 49.4 Å². The van der Waals surface area contributed by atoms with E-state index >= 15 is 0 Å². The SMILES string of the molecule is CCOC(=O)C(=O)/C=C\[C@@H]1[C@H](C)CC=C[C@@H]1NC(=O)OCc1ccccc1. The summed E-state index contributed by atoms with van der Waals surface area (Å²) in [5.41, 5.74) is 0.900. The van der Waals surface area contributed by atoms with E-state index in [4.69, 9.17) is 9.47 Å². The van der Waals surface area contributed by atoms with Gasteiger partial charge >= 0.3 is 12.1 Å². The molecule has 1 N–H and O–H groups in total. The van der Waals surface area contributed by atoms with Gasteiger partial charge in [-0.1, -0.05) is 55.5 Å². The van der Waals surface area contributed by atoms with Crippen LogP contribution in [0, 0.1) is 11.8 Å². The van der Waals surface area contributed by atoms with Crippen LogP contribution in [0.1, 0.15) is 25.8 Å². The first-order valence-electron chi connectivity index (χ1n) is 9.04. The Hall–Kier alpha value is -2.89. The summed E-state index contributed by atoms with van der Waals surface area (Å²) < 4.78 is 9.95. The third-order valence-corrected chi connectivity index (χ3v) is 4.37. The summed E-state index contributed by atoms with van der Waals surface area (Å²) in [6, 6.07) is 9.09. The molecule has 1 aliphatic rings. The number of ketones is 1. The Kier molecular flexibility index (Phi) is 7.79. The molecule has 6 nitrogen and oxygen atoms in total. The van der Waals surface area contributed by atoms with Crippen LogP contribution in [0.2, 0.25) is 0 Å². The molecule has 1 aliphatic carbocycles. The second kappa shape index (κ2) is 10.3. The first-order valence-corrected chi connectivity index (χ1v) is 9.04. The van der Waals surface area contributed by atoms with Crippen LogP contribution in [0.15, 0.2) is 54.6 Å². The molecule has 0 unspecified atom stereocenters. The molecule has 6 heteroatoms. The number of nitrogens with one attached hydrogen (secondary N) is 1. The summed E-state index contributed by atoms with van der Waals surface area (Å²) in [5, 5.41) is 2.82. The van der Waals surface area contributed by atoms with E-state index < -0.39 is 17.8 Å². The van der Waals surface area contributed by atoms with Crippen LogP contribution < -0.4 is 5.32 Å². The molecule has 0 aromatic heterocycles. The van der Waals surface area contributed by atoms with Gasteiger partial charge in [0.2, 0.25) is 0 Å². The Bertz CT molecular complexity index is 711. The molecule has 0 fully saturated rings. The predicted octanol–water partition coefficient (Wildman–Crippen LogP) is 3.18. The van der Waals surface area contributed by atoms with E-state index in [-0.39, 0.29) is 31.1 Å². The van der Waals surface area contributed by atoms with Crippen molar-refractivity contribution in [2.75, 3.05) is 6.61 Å². The normalized spacial score (nSPS) is 21.6. The summed E-state index contributed by atoms with van der Waals surface area (Å²) in [6.45, 7) is 4.00. The lowest BCUT2D eigenvalue weighted by Crippen LogP contribution is -2.42. The lowest BCUT2D eigenvalue weighted by Gasteiger charge is -2.31. The molecule has 0 saturated heterocycles. The van der Waals surface area contributed by atoms with Gasteiger partial charge in [-0.25, -0.2) is 9.59 Å². The molecule has 1 amide bonds. The molecule has 0 aliphatic heterocycles. The van der Waals surface area contributed by atoms with Crippen molar-refractivity contribution in [3.8, 4) is 0 Å². The van der Waals surface area contributed by atoms with Crippen molar-refractivity contribution in [3.05, 3.63) is 60.2 Å². The minimum absolute atomic E-state index is 0.127. The third-order valence-electron chi connectivity index (χ3n) is 4.37. The van der Waals surface area contributed by atoms with E-state index in [0.717, 1.165) is 12.0 Å². The molecular formula is C21H25NO5. The molecule has 3 atom stereocenters. The molecule has 144 valence electrons. The highest BCUT2D eigenvalue weighted by Crippen LogP contribution is 2.27. The third kappa shape index (κ3) is 6.40. The number of hydrogen-bond donors (Lipinski definition) is 1. The highest BCUT2D eigenvalue weighted by Gasteiger charge is 2.27. The highest BCUT2D eigenvalue weighted by molar-refractivity contribution is 6.38. The van der Waals surface area contributed by atoms with Crippen LogP contribution in [0.5, 0.6) is 0 Å². The molecule has 0 bridgehead atoms. The van der Waals surface area contributed by atoms with Crippen molar-refractivity contribution in [1.29, 1.82) is 0 Å². The zero-order chi connectivity index (χ0) is 19.6. The van der Waals surface area contributed by atoms with E-state index in [2.05, 4.69) is 5.32 Å². The monoisotopic (exact) mass is 371 g/mol. The number of allylic oxidation sites excluding steroid dienone is 1. The van der Waals surface area contributed by atoms with Crippen molar-refractivity contribution in [1.82, 2.24) is 5.32 Å². The molecule has 27 heavy (non-hydrogen) atoms. The van der Waals surface area contributed by atoms with E-state index in [1.165, 1.54) is 6.08 Å². The standard InChI is InChI=1S/C21H25NO5/c1-3-26-20(24)19(23)13-12-17-15(2)8-7-11-18(17)22-21(25)27-14-16-9-5-4-6-10-16/h4-7,9-13,15,17-18H,3,8,14H2,1-2H3,(H,22,25)/b13-12-/t15-,17-,18+/m1/s1. The summed E-state index contributed by atoms with van der Waals surface area (Å²) in [6.07, 6.45) is 7.05. The zero-order valence-electron chi connectivity index (χ0n) is 15.6. The minimum Gasteiger partial charge on any atom is -0.460 e.